The van der Waals surface area contributed by atoms with Crippen LogP contribution in [0.2, 0.25) is 0 Å². The number of fused-ring (bicyclic) bond motifs is 3. The van der Waals surface area contributed by atoms with Crippen LogP contribution in [-0.2, 0) is 19.1 Å². The van der Waals surface area contributed by atoms with Gasteiger partial charge in [-0.3, -0.25) is 9.63 Å². The number of nitrogens with zero attached hydrogens (tertiary/aromatic N) is 1. The molecule has 0 unspecified atom stereocenters. The van der Waals surface area contributed by atoms with E-state index in [9.17, 15) is 4.79 Å². The zero-order valence-electron chi connectivity index (χ0n) is 9.80. The predicted octanol–water partition coefficient (Wildman–Crippen LogP) is 0.484. The van der Waals surface area contributed by atoms with Crippen LogP contribution < -0.4 is 0 Å². The van der Waals surface area contributed by atoms with Crippen LogP contribution >= 0.6 is 0 Å². The van der Waals surface area contributed by atoms with Gasteiger partial charge in [0, 0.05) is 6.42 Å². The standard InChI is InChI=1S/C11H17NO4/c1-6(13)8-4-7-10-9(5-12(7)16-8)14-11(2,3)15-10/h7-10H,4-5H2,1-3H3/t7-,8+,9+,10-/m1/s1. The van der Waals surface area contributed by atoms with Crippen molar-refractivity contribution in [3.63, 3.8) is 0 Å². The van der Waals surface area contributed by atoms with E-state index >= 15 is 0 Å². The molecule has 0 N–H and O–H groups in total. The van der Waals surface area contributed by atoms with Crippen molar-refractivity contribution in [2.45, 2.75) is 57.3 Å². The Bertz CT molecular complexity index is 330. The van der Waals surface area contributed by atoms with Gasteiger partial charge in [-0.1, -0.05) is 0 Å². The third-order valence-corrected chi connectivity index (χ3v) is 3.50. The first-order valence-corrected chi connectivity index (χ1v) is 5.76. The molecule has 0 aromatic carbocycles. The van der Waals surface area contributed by atoms with E-state index in [4.69, 9.17) is 14.3 Å². The third-order valence-electron chi connectivity index (χ3n) is 3.50. The highest BCUT2D eigenvalue weighted by atomic mass is 16.8. The molecule has 90 valence electrons. The van der Waals surface area contributed by atoms with Gasteiger partial charge in [0.2, 0.25) is 0 Å². The van der Waals surface area contributed by atoms with Crippen LogP contribution in [0, 0.1) is 0 Å². The monoisotopic (exact) mass is 227 g/mol. The molecular formula is C11H17NO4. The Morgan fingerprint density at radius 3 is 2.81 bits per heavy atom. The molecule has 3 aliphatic heterocycles. The number of hydrogen-bond acceptors (Lipinski definition) is 5. The fourth-order valence-electron chi connectivity index (χ4n) is 2.85. The highest BCUT2D eigenvalue weighted by Crippen LogP contribution is 2.41. The fourth-order valence-corrected chi connectivity index (χ4v) is 2.85. The summed E-state index contributed by atoms with van der Waals surface area (Å²) in [6, 6.07) is 0.167. The minimum atomic E-state index is -0.504. The summed E-state index contributed by atoms with van der Waals surface area (Å²) in [5.41, 5.74) is 0. The smallest absolute Gasteiger partial charge is 0.163 e. The van der Waals surface area contributed by atoms with Crippen LogP contribution in [-0.4, -0.2) is 47.5 Å². The molecule has 0 aromatic rings. The Labute approximate surface area is 94.6 Å². The summed E-state index contributed by atoms with van der Waals surface area (Å²) < 4.78 is 11.6. The van der Waals surface area contributed by atoms with Gasteiger partial charge in [0.15, 0.2) is 11.6 Å². The summed E-state index contributed by atoms with van der Waals surface area (Å²) in [6.07, 6.45) is 0.543. The van der Waals surface area contributed by atoms with Crippen molar-refractivity contribution in [3.8, 4) is 0 Å². The van der Waals surface area contributed by atoms with Crippen LogP contribution in [0.4, 0.5) is 0 Å². The summed E-state index contributed by atoms with van der Waals surface area (Å²) >= 11 is 0. The number of hydroxylamine groups is 2. The number of rotatable bonds is 1. The first-order chi connectivity index (χ1) is 7.46. The Morgan fingerprint density at radius 1 is 1.38 bits per heavy atom. The number of carbonyl (C=O) groups excluding carboxylic acids is 1. The summed E-state index contributed by atoms with van der Waals surface area (Å²) in [4.78, 5) is 16.8. The van der Waals surface area contributed by atoms with E-state index in [2.05, 4.69) is 0 Å². The summed E-state index contributed by atoms with van der Waals surface area (Å²) in [5.74, 6) is -0.417. The van der Waals surface area contributed by atoms with Crippen molar-refractivity contribution in [2.75, 3.05) is 6.54 Å². The molecule has 3 saturated heterocycles. The lowest BCUT2D eigenvalue weighted by Gasteiger charge is -2.22. The Kier molecular flexibility index (Phi) is 2.17. The van der Waals surface area contributed by atoms with E-state index in [1.807, 2.05) is 18.9 Å². The predicted molar refractivity (Wildman–Crippen MR) is 54.5 cm³/mol. The number of Topliss-reactive ketones (excluding diaryl/α,β-unsaturated/α-hetero) is 1. The summed E-state index contributed by atoms with van der Waals surface area (Å²) in [7, 11) is 0. The summed E-state index contributed by atoms with van der Waals surface area (Å²) in [6.45, 7) is 6.12. The SMILES string of the molecule is CC(=O)[C@@H]1C[C@@H]2[C@H]3OC(C)(C)O[C@H]3CN2O1. The first-order valence-electron chi connectivity index (χ1n) is 5.76. The van der Waals surface area contributed by atoms with Gasteiger partial charge in [-0.05, 0) is 20.8 Å². The van der Waals surface area contributed by atoms with E-state index in [-0.39, 0.29) is 30.1 Å². The molecule has 0 spiro atoms. The molecule has 5 heteroatoms. The van der Waals surface area contributed by atoms with Crippen molar-refractivity contribution >= 4 is 5.78 Å². The second kappa shape index (κ2) is 3.26. The molecule has 0 aliphatic carbocycles. The van der Waals surface area contributed by atoms with Crippen LogP contribution in [0.15, 0.2) is 0 Å². The van der Waals surface area contributed by atoms with Crippen molar-refractivity contribution in [1.29, 1.82) is 0 Å². The van der Waals surface area contributed by atoms with Crippen molar-refractivity contribution in [1.82, 2.24) is 5.06 Å². The van der Waals surface area contributed by atoms with Gasteiger partial charge < -0.3 is 9.47 Å². The molecule has 0 bridgehead atoms. The minimum Gasteiger partial charge on any atom is -0.343 e. The average molecular weight is 227 g/mol. The number of ether oxygens (including phenoxy) is 2. The first kappa shape index (κ1) is 10.7. The van der Waals surface area contributed by atoms with E-state index in [0.29, 0.717) is 6.54 Å². The molecule has 0 saturated carbocycles. The largest absolute Gasteiger partial charge is 0.343 e. The van der Waals surface area contributed by atoms with E-state index < -0.39 is 5.79 Å². The van der Waals surface area contributed by atoms with Crippen LogP contribution in [0.3, 0.4) is 0 Å². The molecule has 0 aromatic heterocycles. The number of hydrogen-bond donors (Lipinski definition) is 0. The molecule has 3 aliphatic rings. The van der Waals surface area contributed by atoms with E-state index in [1.54, 1.807) is 6.92 Å². The normalized spacial score (nSPS) is 45.7. The zero-order valence-corrected chi connectivity index (χ0v) is 9.80. The van der Waals surface area contributed by atoms with E-state index in [0.717, 1.165) is 6.42 Å². The highest BCUT2D eigenvalue weighted by molar-refractivity contribution is 5.80. The zero-order chi connectivity index (χ0) is 11.5. The Hall–Kier alpha value is -0.490. The number of carbonyl (C=O) groups is 1. The van der Waals surface area contributed by atoms with Gasteiger partial charge in [0.1, 0.15) is 18.3 Å². The molecule has 16 heavy (non-hydrogen) atoms. The maximum Gasteiger partial charge on any atom is 0.163 e. The van der Waals surface area contributed by atoms with Gasteiger partial charge in [-0.2, -0.15) is 5.06 Å². The topological polar surface area (TPSA) is 48.0 Å². The van der Waals surface area contributed by atoms with Crippen LogP contribution in [0.5, 0.6) is 0 Å². The van der Waals surface area contributed by atoms with Gasteiger partial charge in [0.05, 0.1) is 12.6 Å². The van der Waals surface area contributed by atoms with Crippen molar-refractivity contribution in [2.24, 2.45) is 0 Å². The van der Waals surface area contributed by atoms with Gasteiger partial charge >= 0.3 is 0 Å². The highest BCUT2D eigenvalue weighted by Gasteiger charge is 2.56. The minimum absolute atomic E-state index is 0.0411. The molecule has 5 nitrogen and oxygen atoms in total. The molecule has 0 amide bonds. The summed E-state index contributed by atoms with van der Waals surface area (Å²) in [5, 5.41) is 1.86. The molecule has 3 heterocycles. The maximum absolute atomic E-state index is 11.3. The van der Waals surface area contributed by atoms with Crippen LogP contribution in [0.25, 0.3) is 0 Å². The van der Waals surface area contributed by atoms with Gasteiger partial charge in [0.25, 0.3) is 0 Å². The Morgan fingerprint density at radius 2 is 2.12 bits per heavy atom. The third kappa shape index (κ3) is 1.50. The molecular weight excluding hydrogens is 210 g/mol. The molecule has 4 atom stereocenters. The van der Waals surface area contributed by atoms with Crippen molar-refractivity contribution in [3.05, 3.63) is 0 Å². The molecule has 3 fully saturated rings. The number of ketones is 1. The van der Waals surface area contributed by atoms with E-state index in [1.165, 1.54) is 0 Å². The lowest BCUT2D eigenvalue weighted by atomic mass is 10.0. The maximum atomic E-state index is 11.3. The van der Waals surface area contributed by atoms with Crippen LogP contribution in [0.1, 0.15) is 27.2 Å². The lowest BCUT2D eigenvalue weighted by Crippen LogP contribution is -2.33. The molecule has 3 rings (SSSR count). The Balaban J connectivity index is 1.74. The second-order valence-electron chi connectivity index (χ2n) is 5.25. The second-order valence-corrected chi connectivity index (χ2v) is 5.25. The lowest BCUT2D eigenvalue weighted by molar-refractivity contribution is -0.203. The quantitative estimate of drug-likeness (QED) is 0.652. The van der Waals surface area contributed by atoms with Crippen molar-refractivity contribution < 1.29 is 19.1 Å². The fraction of sp³-hybridized carbons (Fsp3) is 0.909. The average Bonchev–Trinajstić information content (AvgIpc) is 2.72. The van der Waals surface area contributed by atoms with Gasteiger partial charge in [-0.15, -0.1) is 0 Å². The molecule has 0 radical (unpaired) electrons. The van der Waals surface area contributed by atoms with Gasteiger partial charge in [-0.25, -0.2) is 0 Å².